The normalized spacial score (nSPS) is 11.8. The van der Waals surface area contributed by atoms with E-state index in [-0.39, 0.29) is 11.6 Å². The fourth-order valence-corrected chi connectivity index (χ4v) is 4.29. The number of hydrogen-bond donors (Lipinski definition) is 1. The Morgan fingerprint density at radius 1 is 0.944 bits per heavy atom. The molecule has 3 aromatic carbocycles. The van der Waals surface area contributed by atoms with Crippen molar-refractivity contribution in [2.75, 3.05) is 5.32 Å². The molecule has 0 unspecified atom stereocenters. The van der Waals surface area contributed by atoms with E-state index in [1.165, 1.54) is 28.5 Å². The van der Waals surface area contributed by atoms with E-state index in [1.807, 2.05) is 48.5 Å². The predicted molar refractivity (Wildman–Crippen MR) is 141 cm³/mol. The molecule has 0 saturated carbocycles. The molecule has 0 aliphatic carbocycles. The van der Waals surface area contributed by atoms with Gasteiger partial charge in [-0.1, -0.05) is 72.9 Å². The first-order chi connectivity index (χ1) is 17.3. The second kappa shape index (κ2) is 11.1. The summed E-state index contributed by atoms with van der Waals surface area (Å²) in [4.78, 5) is 18.5. The minimum Gasteiger partial charge on any atom is -0.341 e. The fraction of sp³-hybridized carbons (Fsp3) is 0.0714. The van der Waals surface area contributed by atoms with Gasteiger partial charge in [-0.25, -0.2) is 4.99 Å². The highest BCUT2D eigenvalue weighted by Gasteiger charge is 2.32. The molecule has 0 spiro atoms. The third-order valence-corrected chi connectivity index (χ3v) is 6.06. The monoisotopic (exact) mass is 505 g/mol. The van der Waals surface area contributed by atoms with Gasteiger partial charge < -0.3 is 5.32 Å². The third-order valence-electron chi connectivity index (χ3n) is 5.08. The molecule has 1 N–H and O–H groups in total. The number of rotatable bonds is 7. The molecule has 36 heavy (non-hydrogen) atoms. The Balaban J connectivity index is 1.98. The Labute approximate surface area is 210 Å². The van der Waals surface area contributed by atoms with Crippen molar-refractivity contribution in [3.8, 4) is 5.69 Å². The molecule has 8 heteroatoms. The summed E-state index contributed by atoms with van der Waals surface area (Å²) in [5.41, 5.74) is 0.0108. The second-order valence-corrected chi connectivity index (χ2v) is 8.81. The standard InChI is InChI=1S/C28H22F3N3OS/c1-2-26(36-22-16-10-5-11-17-22)33-27-23(19-28(29,30)31)24(35)18-25(32-20-12-6-3-7-13-20)34(27)21-14-8-4-9-15-21/h2-18,32H,1,19H2/b33-26+. The van der Waals surface area contributed by atoms with Gasteiger partial charge in [0.05, 0.1) is 12.0 Å². The lowest BCUT2D eigenvalue weighted by atomic mass is 10.1. The lowest BCUT2D eigenvalue weighted by molar-refractivity contribution is -0.127. The number of pyridine rings is 1. The highest BCUT2D eigenvalue weighted by Crippen LogP contribution is 2.34. The zero-order valence-electron chi connectivity index (χ0n) is 19.1. The van der Waals surface area contributed by atoms with Crippen LogP contribution in [0.25, 0.3) is 5.69 Å². The SMILES string of the molecule is C=C/C(=N\c1c(CC(F)(F)F)c(=O)cc(Nc2ccccc2)n1-c1ccccc1)Sc1ccccc1. The number of aromatic nitrogens is 1. The summed E-state index contributed by atoms with van der Waals surface area (Å²) in [5, 5.41) is 3.52. The quantitative estimate of drug-likeness (QED) is 0.159. The first kappa shape index (κ1) is 25.1. The maximum absolute atomic E-state index is 13.6. The number of nitrogens with one attached hydrogen (secondary N) is 1. The van der Waals surface area contributed by atoms with Crippen LogP contribution < -0.4 is 10.7 Å². The van der Waals surface area contributed by atoms with Crippen LogP contribution in [0.2, 0.25) is 0 Å². The molecular weight excluding hydrogens is 483 g/mol. The van der Waals surface area contributed by atoms with Crippen molar-refractivity contribution in [2.24, 2.45) is 4.99 Å². The van der Waals surface area contributed by atoms with Crippen molar-refractivity contribution in [3.63, 3.8) is 0 Å². The topological polar surface area (TPSA) is 46.4 Å². The van der Waals surface area contributed by atoms with Crippen molar-refractivity contribution < 1.29 is 13.2 Å². The van der Waals surface area contributed by atoms with Crippen LogP contribution in [0.1, 0.15) is 5.56 Å². The molecule has 0 saturated heterocycles. The minimum atomic E-state index is -4.60. The van der Waals surface area contributed by atoms with Crippen LogP contribution in [-0.2, 0) is 6.42 Å². The highest BCUT2D eigenvalue weighted by atomic mass is 32.2. The van der Waals surface area contributed by atoms with Crippen molar-refractivity contribution in [2.45, 2.75) is 17.5 Å². The molecule has 0 aliphatic heterocycles. The van der Waals surface area contributed by atoms with E-state index >= 15 is 0 Å². The second-order valence-electron chi connectivity index (χ2n) is 7.72. The van der Waals surface area contributed by atoms with E-state index in [9.17, 15) is 18.0 Å². The van der Waals surface area contributed by atoms with Gasteiger partial charge in [0.25, 0.3) is 0 Å². The number of hydrogen-bond acceptors (Lipinski definition) is 4. The van der Waals surface area contributed by atoms with Crippen molar-refractivity contribution in [3.05, 3.63) is 126 Å². The summed E-state index contributed by atoms with van der Waals surface area (Å²) < 4.78 is 42.4. The average Bonchev–Trinajstić information content (AvgIpc) is 2.87. The Morgan fingerprint density at radius 2 is 1.53 bits per heavy atom. The fourth-order valence-electron chi connectivity index (χ4n) is 3.54. The first-order valence-electron chi connectivity index (χ1n) is 11.0. The number of aliphatic imine (C=N–C) groups is 1. The molecular formula is C28H22F3N3OS. The van der Waals surface area contributed by atoms with Crippen molar-refractivity contribution in [1.29, 1.82) is 0 Å². The van der Waals surface area contributed by atoms with Gasteiger partial charge in [0.2, 0.25) is 0 Å². The van der Waals surface area contributed by atoms with Crippen LogP contribution >= 0.6 is 11.8 Å². The number of benzene rings is 3. The summed E-state index contributed by atoms with van der Waals surface area (Å²) >= 11 is 1.24. The maximum Gasteiger partial charge on any atom is 0.393 e. The van der Waals surface area contributed by atoms with Crippen LogP contribution in [0.5, 0.6) is 0 Å². The maximum atomic E-state index is 13.6. The third kappa shape index (κ3) is 6.34. The smallest absolute Gasteiger partial charge is 0.341 e. The van der Waals surface area contributed by atoms with Gasteiger partial charge in [0.15, 0.2) is 5.43 Å². The molecule has 0 atom stereocenters. The summed E-state index contributed by atoms with van der Waals surface area (Å²) in [6, 6.07) is 28.4. The Bertz CT molecular complexity index is 1420. The Hall–Kier alpha value is -4.04. The first-order valence-corrected chi connectivity index (χ1v) is 11.8. The molecule has 4 aromatic rings. The molecule has 1 heterocycles. The molecule has 0 bridgehead atoms. The lowest BCUT2D eigenvalue weighted by Crippen LogP contribution is -2.22. The van der Waals surface area contributed by atoms with E-state index in [2.05, 4.69) is 16.9 Å². The van der Waals surface area contributed by atoms with E-state index in [0.717, 1.165) is 4.90 Å². The Morgan fingerprint density at radius 3 is 2.11 bits per heavy atom. The van der Waals surface area contributed by atoms with Crippen molar-refractivity contribution in [1.82, 2.24) is 4.57 Å². The summed E-state index contributed by atoms with van der Waals surface area (Å²) in [6.07, 6.45) is -4.55. The summed E-state index contributed by atoms with van der Waals surface area (Å²) in [6.45, 7) is 3.80. The summed E-state index contributed by atoms with van der Waals surface area (Å²) in [5.74, 6) is 0.179. The zero-order chi connectivity index (χ0) is 25.5. The van der Waals surface area contributed by atoms with E-state index in [1.54, 1.807) is 42.5 Å². The highest BCUT2D eigenvalue weighted by molar-refractivity contribution is 8.14. The molecule has 0 aliphatic rings. The number of para-hydroxylation sites is 2. The number of nitrogens with zero attached hydrogens (tertiary/aromatic N) is 2. The van der Waals surface area contributed by atoms with Gasteiger partial charge in [-0.15, -0.1) is 0 Å². The molecule has 4 nitrogen and oxygen atoms in total. The minimum absolute atomic E-state index is 0.109. The number of anilines is 2. The van der Waals surface area contributed by atoms with Crippen LogP contribution in [0.4, 0.5) is 30.5 Å². The lowest BCUT2D eigenvalue weighted by Gasteiger charge is -2.21. The van der Waals surface area contributed by atoms with Gasteiger partial charge in [0.1, 0.15) is 16.7 Å². The summed E-state index contributed by atoms with van der Waals surface area (Å²) in [7, 11) is 0. The Kier molecular flexibility index (Phi) is 7.75. The average molecular weight is 506 g/mol. The van der Waals surface area contributed by atoms with Crippen LogP contribution in [-0.4, -0.2) is 15.8 Å². The predicted octanol–water partition coefficient (Wildman–Crippen LogP) is 7.69. The van der Waals surface area contributed by atoms with Gasteiger partial charge in [-0.05, 0) is 42.5 Å². The van der Waals surface area contributed by atoms with E-state index < -0.39 is 23.6 Å². The number of thioether (sulfide) groups is 1. The molecule has 0 amide bonds. The number of alkyl halides is 3. The molecule has 0 radical (unpaired) electrons. The zero-order valence-corrected chi connectivity index (χ0v) is 19.9. The van der Waals surface area contributed by atoms with Gasteiger partial charge >= 0.3 is 6.18 Å². The largest absolute Gasteiger partial charge is 0.393 e. The molecule has 182 valence electrons. The molecule has 4 rings (SSSR count). The van der Waals surface area contributed by atoms with Gasteiger partial charge in [-0.3, -0.25) is 9.36 Å². The van der Waals surface area contributed by atoms with Crippen LogP contribution in [0.15, 0.2) is 124 Å². The van der Waals surface area contributed by atoms with Gasteiger partial charge in [-0.2, -0.15) is 13.2 Å². The molecule has 0 fully saturated rings. The van der Waals surface area contributed by atoms with Crippen LogP contribution in [0, 0.1) is 0 Å². The van der Waals surface area contributed by atoms with Crippen molar-refractivity contribution >= 4 is 34.1 Å². The molecule has 1 aromatic heterocycles. The van der Waals surface area contributed by atoms with Crippen LogP contribution in [0.3, 0.4) is 0 Å². The van der Waals surface area contributed by atoms with E-state index in [4.69, 9.17) is 0 Å². The van der Waals surface area contributed by atoms with E-state index in [0.29, 0.717) is 16.4 Å². The van der Waals surface area contributed by atoms with Gasteiger partial charge in [0, 0.05) is 22.3 Å². The number of halogens is 3.